The van der Waals surface area contributed by atoms with Crippen LogP contribution in [-0.2, 0) is 9.59 Å². The highest BCUT2D eigenvalue weighted by atomic mass is 16.3. The Bertz CT molecular complexity index is 378. The van der Waals surface area contributed by atoms with Gasteiger partial charge in [0.05, 0.1) is 18.6 Å². The Morgan fingerprint density at radius 2 is 2.10 bits per heavy atom. The largest absolute Gasteiger partial charge is 0.393 e. The molecule has 0 saturated carbocycles. The van der Waals surface area contributed by atoms with Gasteiger partial charge in [-0.15, -0.1) is 6.58 Å². The van der Waals surface area contributed by atoms with Crippen LogP contribution in [0.3, 0.4) is 0 Å². The summed E-state index contributed by atoms with van der Waals surface area (Å²) in [5.74, 6) is -0.0373. The van der Waals surface area contributed by atoms with Crippen LogP contribution in [0.4, 0.5) is 0 Å². The van der Waals surface area contributed by atoms with Crippen LogP contribution in [0.25, 0.3) is 0 Å². The Kier molecular flexibility index (Phi) is 5.14. The number of piperazine rings is 1. The molecule has 0 spiro atoms. The molecule has 112 valence electrons. The molecule has 2 N–H and O–H groups in total. The maximum Gasteiger partial charge on any atom is 0.240 e. The molecule has 2 fully saturated rings. The van der Waals surface area contributed by atoms with Crippen LogP contribution in [-0.4, -0.2) is 71.6 Å². The van der Waals surface area contributed by atoms with Crippen LogP contribution in [0.5, 0.6) is 0 Å². The standard InChI is InChI=1S/C14H23N3O3/c1-2-6-17-9-5-15-12(14(17)20)10-13(19)16-7-3-11(18)4-8-16/h2,11-12,15,18H,1,3-10H2. The van der Waals surface area contributed by atoms with Crippen molar-refractivity contribution in [2.24, 2.45) is 0 Å². The summed E-state index contributed by atoms with van der Waals surface area (Å²) in [6, 6.07) is -0.428. The minimum atomic E-state index is -0.428. The van der Waals surface area contributed by atoms with Crippen molar-refractivity contribution < 1.29 is 14.7 Å². The number of aliphatic hydroxyl groups excluding tert-OH is 1. The summed E-state index contributed by atoms with van der Waals surface area (Å²) in [6.45, 7) is 6.70. The van der Waals surface area contributed by atoms with Gasteiger partial charge in [-0.25, -0.2) is 0 Å². The van der Waals surface area contributed by atoms with Gasteiger partial charge in [-0.3, -0.25) is 9.59 Å². The Labute approximate surface area is 119 Å². The van der Waals surface area contributed by atoms with Gasteiger partial charge in [0.2, 0.25) is 11.8 Å². The molecular weight excluding hydrogens is 258 g/mol. The van der Waals surface area contributed by atoms with Gasteiger partial charge in [0.15, 0.2) is 0 Å². The van der Waals surface area contributed by atoms with Crippen LogP contribution >= 0.6 is 0 Å². The summed E-state index contributed by atoms with van der Waals surface area (Å²) >= 11 is 0. The summed E-state index contributed by atoms with van der Waals surface area (Å²) in [5, 5.41) is 12.6. The Hall–Kier alpha value is -1.40. The van der Waals surface area contributed by atoms with Crippen molar-refractivity contribution in [3.8, 4) is 0 Å². The number of amides is 2. The number of aliphatic hydroxyl groups is 1. The maximum absolute atomic E-state index is 12.2. The molecule has 2 aliphatic rings. The van der Waals surface area contributed by atoms with E-state index >= 15 is 0 Å². The first-order valence-corrected chi connectivity index (χ1v) is 7.20. The van der Waals surface area contributed by atoms with E-state index in [-0.39, 0.29) is 24.3 Å². The van der Waals surface area contributed by atoms with Gasteiger partial charge in [0.25, 0.3) is 0 Å². The maximum atomic E-state index is 12.2. The zero-order chi connectivity index (χ0) is 14.5. The number of hydrogen-bond acceptors (Lipinski definition) is 4. The number of likely N-dealkylation sites (tertiary alicyclic amines) is 1. The van der Waals surface area contributed by atoms with E-state index in [9.17, 15) is 14.7 Å². The average Bonchev–Trinajstić information content (AvgIpc) is 2.44. The minimum absolute atomic E-state index is 0.0109. The second-order valence-corrected chi connectivity index (χ2v) is 5.40. The van der Waals surface area contributed by atoms with E-state index in [0.29, 0.717) is 45.6 Å². The Morgan fingerprint density at radius 1 is 1.40 bits per heavy atom. The molecule has 0 radical (unpaired) electrons. The zero-order valence-corrected chi connectivity index (χ0v) is 11.8. The first kappa shape index (κ1) is 15.0. The monoisotopic (exact) mass is 281 g/mol. The van der Waals surface area contributed by atoms with Gasteiger partial charge in [-0.05, 0) is 12.8 Å². The lowest BCUT2D eigenvalue weighted by Crippen LogP contribution is -2.56. The number of carbonyl (C=O) groups is 2. The highest BCUT2D eigenvalue weighted by Gasteiger charge is 2.31. The molecule has 0 aromatic carbocycles. The minimum Gasteiger partial charge on any atom is -0.393 e. The van der Waals surface area contributed by atoms with Crippen molar-refractivity contribution in [3.05, 3.63) is 12.7 Å². The van der Waals surface area contributed by atoms with E-state index in [1.54, 1.807) is 15.9 Å². The predicted octanol–water partition coefficient (Wildman–Crippen LogP) is -0.654. The Balaban J connectivity index is 1.87. The second-order valence-electron chi connectivity index (χ2n) is 5.40. The fourth-order valence-corrected chi connectivity index (χ4v) is 2.71. The molecule has 0 aromatic rings. The van der Waals surface area contributed by atoms with E-state index in [2.05, 4.69) is 11.9 Å². The van der Waals surface area contributed by atoms with Gasteiger partial charge in [-0.2, -0.15) is 0 Å². The van der Waals surface area contributed by atoms with Gasteiger partial charge < -0.3 is 20.2 Å². The highest BCUT2D eigenvalue weighted by Crippen LogP contribution is 2.13. The lowest BCUT2D eigenvalue weighted by Gasteiger charge is -2.34. The molecule has 0 aromatic heterocycles. The summed E-state index contributed by atoms with van der Waals surface area (Å²) in [5.41, 5.74) is 0. The fourth-order valence-electron chi connectivity index (χ4n) is 2.71. The highest BCUT2D eigenvalue weighted by molar-refractivity contribution is 5.89. The van der Waals surface area contributed by atoms with E-state index in [1.807, 2.05) is 0 Å². The molecule has 1 atom stereocenters. The Morgan fingerprint density at radius 3 is 2.75 bits per heavy atom. The topological polar surface area (TPSA) is 72.9 Å². The van der Waals surface area contributed by atoms with Crippen molar-refractivity contribution in [1.29, 1.82) is 0 Å². The molecule has 2 saturated heterocycles. The van der Waals surface area contributed by atoms with Crippen molar-refractivity contribution in [2.45, 2.75) is 31.4 Å². The zero-order valence-electron chi connectivity index (χ0n) is 11.8. The first-order chi connectivity index (χ1) is 9.61. The van der Waals surface area contributed by atoms with Crippen LogP contribution in [0.1, 0.15) is 19.3 Å². The first-order valence-electron chi connectivity index (χ1n) is 7.20. The van der Waals surface area contributed by atoms with Crippen molar-refractivity contribution >= 4 is 11.8 Å². The van der Waals surface area contributed by atoms with Crippen LogP contribution < -0.4 is 5.32 Å². The van der Waals surface area contributed by atoms with Gasteiger partial charge >= 0.3 is 0 Å². The molecule has 2 aliphatic heterocycles. The van der Waals surface area contributed by atoms with Crippen molar-refractivity contribution in [2.75, 3.05) is 32.7 Å². The van der Waals surface area contributed by atoms with Crippen LogP contribution in [0.2, 0.25) is 0 Å². The average molecular weight is 281 g/mol. The van der Waals surface area contributed by atoms with Crippen molar-refractivity contribution in [1.82, 2.24) is 15.1 Å². The van der Waals surface area contributed by atoms with Gasteiger partial charge in [-0.1, -0.05) is 6.08 Å². The molecular formula is C14H23N3O3. The van der Waals surface area contributed by atoms with E-state index < -0.39 is 6.04 Å². The third-order valence-corrected chi connectivity index (χ3v) is 3.93. The summed E-state index contributed by atoms with van der Waals surface area (Å²) < 4.78 is 0. The number of rotatable bonds is 4. The van der Waals surface area contributed by atoms with Gasteiger partial charge in [0, 0.05) is 32.7 Å². The van der Waals surface area contributed by atoms with Crippen LogP contribution in [0, 0.1) is 0 Å². The molecule has 2 amide bonds. The molecule has 2 rings (SSSR count). The third-order valence-electron chi connectivity index (χ3n) is 3.93. The lowest BCUT2D eigenvalue weighted by molar-refractivity contribution is -0.141. The number of nitrogens with one attached hydrogen (secondary N) is 1. The summed E-state index contributed by atoms with van der Waals surface area (Å²) in [6.07, 6.45) is 2.86. The van der Waals surface area contributed by atoms with Crippen molar-refractivity contribution in [3.63, 3.8) is 0 Å². The predicted molar refractivity (Wildman–Crippen MR) is 75.0 cm³/mol. The number of hydrogen-bond donors (Lipinski definition) is 2. The lowest BCUT2D eigenvalue weighted by atomic mass is 10.1. The smallest absolute Gasteiger partial charge is 0.240 e. The number of carbonyl (C=O) groups excluding carboxylic acids is 2. The van der Waals surface area contributed by atoms with E-state index in [4.69, 9.17) is 0 Å². The van der Waals surface area contributed by atoms with E-state index in [0.717, 1.165) is 0 Å². The van der Waals surface area contributed by atoms with Gasteiger partial charge in [0.1, 0.15) is 0 Å². The molecule has 1 unspecified atom stereocenters. The molecule has 0 bridgehead atoms. The molecule has 20 heavy (non-hydrogen) atoms. The normalized spacial score (nSPS) is 24.9. The molecule has 0 aliphatic carbocycles. The fraction of sp³-hybridized carbons (Fsp3) is 0.714. The summed E-state index contributed by atoms with van der Waals surface area (Å²) in [7, 11) is 0. The van der Waals surface area contributed by atoms with Crippen LogP contribution in [0.15, 0.2) is 12.7 Å². The van der Waals surface area contributed by atoms with E-state index in [1.165, 1.54) is 0 Å². The molecule has 6 heteroatoms. The SMILES string of the molecule is C=CCN1CCNC(CC(=O)N2CCC(O)CC2)C1=O. The third kappa shape index (κ3) is 3.58. The second kappa shape index (κ2) is 6.85. The summed E-state index contributed by atoms with van der Waals surface area (Å²) in [4.78, 5) is 27.9. The number of nitrogens with zero attached hydrogens (tertiary/aromatic N) is 2. The molecule has 2 heterocycles. The quantitative estimate of drug-likeness (QED) is 0.672. The molecule has 6 nitrogen and oxygen atoms in total. The number of piperidine rings is 1.